The van der Waals surface area contributed by atoms with E-state index in [9.17, 15) is 9.90 Å². The number of carbonyl (C=O) groups is 1. The molecule has 21 heavy (non-hydrogen) atoms. The molecule has 1 aliphatic heterocycles. The van der Waals surface area contributed by atoms with Gasteiger partial charge >= 0.3 is 5.97 Å². The van der Waals surface area contributed by atoms with Crippen molar-refractivity contribution in [2.24, 2.45) is 0 Å². The first-order valence-electron chi connectivity index (χ1n) is 7.09. The summed E-state index contributed by atoms with van der Waals surface area (Å²) in [5.74, 6) is -0.833. The number of carboxylic acid groups (broad SMARTS) is 1. The van der Waals surface area contributed by atoms with Gasteiger partial charge in [-0.15, -0.1) is 0 Å². The molecule has 0 aromatic heterocycles. The minimum absolute atomic E-state index is 0.213. The van der Waals surface area contributed by atoms with Crippen LogP contribution in [0.4, 0.5) is 0 Å². The molecule has 1 aliphatic rings. The fourth-order valence-electron chi connectivity index (χ4n) is 2.63. The van der Waals surface area contributed by atoms with Crippen LogP contribution in [0.3, 0.4) is 0 Å². The van der Waals surface area contributed by atoms with Crippen LogP contribution < -0.4 is 0 Å². The molecule has 0 bridgehead atoms. The third-order valence-corrected chi connectivity index (χ3v) is 4.23. The highest BCUT2D eigenvalue weighted by atomic mass is 16.6. The summed E-state index contributed by atoms with van der Waals surface area (Å²) >= 11 is 0. The zero-order valence-electron chi connectivity index (χ0n) is 12.0. The lowest BCUT2D eigenvalue weighted by molar-refractivity contribution is -0.144. The standard InChI is InChI=1S/C18H18O3/c1-18(17(19)20,16-12-21-16)15-9-7-14(8-10-15)11-13-5-3-2-4-6-13/h2-10,16H,11-12H2,1H3,(H,19,20)/t16?,18-/m1/s1. The van der Waals surface area contributed by atoms with Crippen LogP contribution in [0, 0.1) is 0 Å². The van der Waals surface area contributed by atoms with Gasteiger partial charge in [0, 0.05) is 0 Å². The van der Waals surface area contributed by atoms with Gasteiger partial charge in [0.2, 0.25) is 0 Å². The molecule has 0 radical (unpaired) electrons. The second-order valence-electron chi connectivity index (χ2n) is 5.69. The van der Waals surface area contributed by atoms with Crippen molar-refractivity contribution in [2.45, 2.75) is 24.9 Å². The highest BCUT2D eigenvalue weighted by molar-refractivity contribution is 5.82. The van der Waals surface area contributed by atoms with Crippen molar-refractivity contribution in [3.05, 3.63) is 71.3 Å². The molecular weight excluding hydrogens is 264 g/mol. The zero-order chi connectivity index (χ0) is 14.9. The molecule has 108 valence electrons. The first kappa shape index (κ1) is 13.8. The molecule has 1 fully saturated rings. The smallest absolute Gasteiger partial charge is 0.316 e. The van der Waals surface area contributed by atoms with E-state index in [0.29, 0.717) is 6.61 Å². The number of aliphatic carboxylic acids is 1. The van der Waals surface area contributed by atoms with Gasteiger partial charge in [0.1, 0.15) is 11.5 Å². The summed E-state index contributed by atoms with van der Waals surface area (Å²) in [4.78, 5) is 11.6. The van der Waals surface area contributed by atoms with Gasteiger partial charge in [-0.25, -0.2) is 0 Å². The normalized spacial score (nSPS) is 19.8. The van der Waals surface area contributed by atoms with Crippen molar-refractivity contribution in [3.8, 4) is 0 Å². The monoisotopic (exact) mass is 282 g/mol. The van der Waals surface area contributed by atoms with E-state index in [2.05, 4.69) is 12.1 Å². The minimum atomic E-state index is -0.953. The maximum absolute atomic E-state index is 11.6. The van der Waals surface area contributed by atoms with Gasteiger partial charge in [0.05, 0.1) is 6.61 Å². The number of carboxylic acids is 1. The van der Waals surface area contributed by atoms with Crippen molar-refractivity contribution in [3.63, 3.8) is 0 Å². The Bertz CT molecular complexity index is 629. The van der Waals surface area contributed by atoms with E-state index >= 15 is 0 Å². The van der Waals surface area contributed by atoms with E-state index < -0.39 is 11.4 Å². The predicted octanol–water partition coefficient (Wildman–Crippen LogP) is 3.02. The van der Waals surface area contributed by atoms with Gasteiger partial charge in [-0.05, 0) is 30.0 Å². The molecule has 2 atom stereocenters. The Balaban J connectivity index is 1.82. The van der Waals surface area contributed by atoms with Crippen molar-refractivity contribution in [1.29, 1.82) is 0 Å². The van der Waals surface area contributed by atoms with E-state index in [4.69, 9.17) is 4.74 Å². The molecule has 3 rings (SSSR count). The van der Waals surface area contributed by atoms with E-state index in [1.165, 1.54) is 11.1 Å². The molecule has 1 N–H and O–H groups in total. The highest BCUT2D eigenvalue weighted by Gasteiger charge is 2.50. The van der Waals surface area contributed by atoms with Gasteiger partial charge in [0.25, 0.3) is 0 Å². The Morgan fingerprint density at radius 3 is 2.24 bits per heavy atom. The van der Waals surface area contributed by atoms with E-state index in [0.717, 1.165) is 12.0 Å². The third-order valence-electron chi connectivity index (χ3n) is 4.23. The van der Waals surface area contributed by atoms with Crippen molar-refractivity contribution in [2.75, 3.05) is 6.61 Å². The van der Waals surface area contributed by atoms with Gasteiger partial charge in [0.15, 0.2) is 0 Å². The number of hydrogen-bond donors (Lipinski definition) is 1. The molecule has 3 heteroatoms. The maximum Gasteiger partial charge on any atom is 0.316 e. The number of benzene rings is 2. The molecular formula is C18H18O3. The van der Waals surface area contributed by atoms with E-state index in [1.54, 1.807) is 6.92 Å². The van der Waals surface area contributed by atoms with Gasteiger partial charge in [-0.1, -0.05) is 54.6 Å². The van der Waals surface area contributed by atoms with Gasteiger partial charge in [-0.2, -0.15) is 0 Å². The molecule has 0 spiro atoms. The Morgan fingerprint density at radius 1 is 1.14 bits per heavy atom. The molecule has 0 amide bonds. The van der Waals surface area contributed by atoms with Gasteiger partial charge in [-0.3, -0.25) is 4.79 Å². The Labute approximate surface area is 124 Å². The molecule has 1 unspecified atom stereocenters. The van der Waals surface area contributed by atoms with Crippen LogP contribution in [0.1, 0.15) is 23.6 Å². The number of rotatable bonds is 5. The summed E-state index contributed by atoms with van der Waals surface area (Å²) in [6.07, 6.45) is 0.639. The lowest BCUT2D eigenvalue weighted by Crippen LogP contribution is -2.38. The molecule has 2 aromatic rings. The number of ether oxygens (including phenoxy) is 1. The SMILES string of the molecule is C[C@@](C(=O)O)(c1ccc(Cc2ccccc2)cc1)C1CO1. The number of epoxide rings is 1. The van der Waals surface area contributed by atoms with E-state index in [-0.39, 0.29) is 6.10 Å². The molecule has 0 saturated carbocycles. The lowest BCUT2D eigenvalue weighted by Gasteiger charge is -2.23. The van der Waals surface area contributed by atoms with Crippen LogP contribution in [0.2, 0.25) is 0 Å². The Hall–Kier alpha value is -2.13. The Kier molecular flexibility index (Phi) is 3.52. The molecule has 1 heterocycles. The summed E-state index contributed by atoms with van der Waals surface area (Å²) in [6, 6.07) is 18.1. The largest absolute Gasteiger partial charge is 0.481 e. The maximum atomic E-state index is 11.6. The van der Waals surface area contributed by atoms with Crippen LogP contribution in [0.15, 0.2) is 54.6 Å². The van der Waals surface area contributed by atoms with Gasteiger partial charge < -0.3 is 9.84 Å². The second-order valence-corrected chi connectivity index (χ2v) is 5.69. The Morgan fingerprint density at radius 2 is 1.71 bits per heavy atom. The van der Waals surface area contributed by atoms with Crippen molar-refractivity contribution < 1.29 is 14.6 Å². The van der Waals surface area contributed by atoms with Crippen molar-refractivity contribution >= 4 is 5.97 Å². The number of hydrogen-bond acceptors (Lipinski definition) is 2. The fourth-order valence-corrected chi connectivity index (χ4v) is 2.63. The van der Waals surface area contributed by atoms with Crippen molar-refractivity contribution in [1.82, 2.24) is 0 Å². The quantitative estimate of drug-likeness (QED) is 0.858. The van der Waals surface area contributed by atoms with E-state index in [1.807, 2.05) is 42.5 Å². The van der Waals surface area contributed by atoms with Crippen LogP contribution in [-0.4, -0.2) is 23.8 Å². The minimum Gasteiger partial charge on any atom is -0.481 e. The molecule has 2 aromatic carbocycles. The summed E-state index contributed by atoms with van der Waals surface area (Å²) < 4.78 is 5.23. The predicted molar refractivity (Wildman–Crippen MR) is 80.4 cm³/mol. The first-order valence-corrected chi connectivity index (χ1v) is 7.09. The summed E-state index contributed by atoms with van der Waals surface area (Å²) in [7, 11) is 0. The highest BCUT2D eigenvalue weighted by Crippen LogP contribution is 2.36. The molecule has 0 aliphatic carbocycles. The molecule has 1 saturated heterocycles. The van der Waals surface area contributed by atoms with Crippen LogP contribution in [0.5, 0.6) is 0 Å². The van der Waals surface area contributed by atoms with Crippen LogP contribution >= 0.6 is 0 Å². The summed E-state index contributed by atoms with van der Waals surface area (Å²) in [6.45, 7) is 2.26. The summed E-state index contributed by atoms with van der Waals surface area (Å²) in [5, 5.41) is 9.52. The van der Waals surface area contributed by atoms with Crippen LogP contribution in [0.25, 0.3) is 0 Å². The molecule has 3 nitrogen and oxygen atoms in total. The average Bonchev–Trinajstić information content (AvgIpc) is 3.33. The second kappa shape index (κ2) is 5.34. The topological polar surface area (TPSA) is 49.8 Å². The average molecular weight is 282 g/mol. The fraction of sp³-hybridized carbons (Fsp3) is 0.278. The lowest BCUT2D eigenvalue weighted by atomic mass is 9.79. The first-order chi connectivity index (χ1) is 10.1. The van der Waals surface area contributed by atoms with Crippen LogP contribution in [-0.2, 0) is 21.4 Å². The zero-order valence-corrected chi connectivity index (χ0v) is 12.0. The summed E-state index contributed by atoms with van der Waals surface area (Å²) in [5.41, 5.74) is 2.27. The third kappa shape index (κ3) is 2.69.